The number of aliphatic imine (C=N–C) groups is 1. The van der Waals surface area contributed by atoms with Gasteiger partial charge in [0, 0.05) is 5.56 Å². The fraction of sp³-hybridized carbons (Fsp3) is 0.0870. The van der Waals surface area contributed by atoms with Gasteiger partial charge in [-0.15, -0.1) is 0 Å². The molecule has 0 saturated heterocycles. The van der Waals surface area contributed by atoms with Crippen LogP contribution in [0.25, 0.3) is 0 Å². The van der Waals surface area contributed by atoms with Crippen LogP contribution in [0.1, 0.15) is 22.8 Å². The first kappa shape index (κ1) is 18.3. The Morgan fingerprint density at radius 3 is 2.04 bits per heavy atom. The summed E-state index contributed by atoms with van der Waals surface area (Å²) in [6.07, 6.45) is 0. The number of hydrogen-bond donors (Lipinski definition) is 1. The zero-order valence-corrected chi connectivity index (χ0v) is 15.4. The number of para-hydroxylation sites is 1. The average Bonchev–Trinajstić information content (AvgIpc) is 2.71. The zero-order chi connectivity index (χ0) is 19.1. The summed E-state index contributed by atoms with van der Waals surface area (Å²) < 4.78 is 0. The zero-order valence-electron chi connectivity index (χ0n) is 15.4. The summed E-state index contributed by atoms with van der Waals surface area (Å²) in [5.74, 6) is -0.174. The van der Waals surface area contributed by atoms with Gasteiger partial charge in [-0.2, -0.15) is 5.10 Å². The van der Waals surface area contributed by atoms with E-state index in [1.807, 2.05) is 79.7 Å². The molecule has 0 atom stereocenters. The summed E-state index contributed by atoms with van der Waals surface area (Å²) in [6.45, 7) is 3.82. The Balaban J connectivity index is 1.95. The molecule has 3 aromatic rings. The smallest absolute Gasteiger partial charge is 0.215 e. The SMILES string of the molecule is CC(=Nc1ccccc1)/C(=N\Nc1ccc(C)cc1)C(=O)c1ccccc1. The third kappa shape index (κ3) is 4.98. The molecule has 0 aliphatic heterocycles. The normalized spacial score (nSPS) is 11.9. The van der Waals surface area contributed by atoms with Crippen LogP contribution in [0.2, 0.25) is 0 Å². The lowest BCUT2D eigenvalue weighted by Crippen LogP contribution is -2.23. The van der Waals surface area contributed by atoms with Crippen molar-refractivity contribution in [1.82, 2.24) is 0 Å². The molecule has 134 valence electrons. The van der Waals surface area contributed by atoms with Gasteiger partial charge in [0.15, 0.2) is 5.71 Å². The summed E-state index contributed by atoms with van der Waals surface area (Å²) in [7, 11) is 0. The predicted molar refractivity (Wildman–Crippen MR) is 112 cm³/mol. The number of hydrogen-bond acceptors (Lipinski definition) is 4. The standard InChI is InChI=1S/C23H21N3O/c1-17-13-15-21(16-14-17)25-26-22(23(27)19-9-5-3-6-10-19)18(2)24-20-11-7-4-8-12-20/h3-16,25H,1-2H3/b24-18?,26-22+. The third-order valence-corrected chi connectivity index (χ3v) is 4.00. The summed E-state index contributed by atoms with van der Waals surface area (Å²) >= 11 is 0. The van der Waals surface area contributed by atoms with Crippen molar-refractivity contribution in [3.05, 3.63) is 96.1 Å². The van der Waals surface area contributed by atoms with Gasteiger partial charge in [0.2, 0.25) is 5.78 Å². The Labute approximate surface area is 159 Å². The summed E-state index contributed by atoms with van der Waals surface area (Å²) in [4.78, 5) is 17.6. The molecule has 0 amide bonds. The predicted octanol–water partition coefficient (Wildman–Crippen LogP) is 5.44. The molecule has 4 heteroatoms. The van der Waals surface area contributed by atoms with Gasteiger partial charge in [0.05, 0.1) is 17.1 Å². The Morgan fingerprint density at radius 1 is 0.815 bits per heavy atom. The van der Waals surface area contributed by atoms with Crippen molar-refractivity contribution in [3.8, 4) is 0 Å². The van der Waals surface area contributed by atoms with Gasteiger partial charge in [0.25, 0.3) is 0 Å². The second kappa shape index (κ2) is 8.72. The van der Waals surface area contributed by atoms with Crippen molar-refractivity contribution in [2.75, 3.05) is 5.43 Å². The minimum absolute atomic E-state index is 0.174. The molecule has 0 fully saturated rings. The highest BCUT2D eigenvalue weighted by atomic mass is 16.1. The number of rotatable bonds is 6. The highest BCUT2D eigenvalue weighted by molar-refractivity contribution is 6.70. The molecule has 0 aliphatic rings. The van der Waals surface area contributed by atoms with E-state index in [2.05, 4.69) is 15.5 Å². The lowest BCUT2D eigenvalue weighted by Gasteiger charge is -2.08. The van der Waals surface area contributed by atoms with Crippen molar-refractivity contribution in [3.63, 3.8) is 0 Å². The van der Waals surface area contributed by atoms with E-state index in [1.165, 1.54) is 0 Å². The van der Waals surface area contributed by atoms with Crippen LogP contribution in [0.5, 0.6) is 0 Å². The monoisotopic (exact) mass is 355 g/mol. The van der Waals surface area contributed by atoms with Crippen LogP contribution in [0.3, 0.4) is 0 Å². The minimum Gasteiger partial charge on any atom is -0.287 e. The molecular weight excluding hydrogens is 334 g/mol. The molecule has 3 aromatic carbocycles. The van der Waals surface area contributed by atoms with E-state index in [-0.39, 0.29) is 11.5 Å². The van der Waals surface area contributed by atoms with Gasteiger partial charge < -0.3 is 0 Å². The van der Waals surface area contributed by atoms with Gasteiger partial charge in [-0.05, 0) is 38.1 Å². The highest BCUT2D eigenvalue weighted by Crippen LogP contribution is 2.13. The Morgan fingerprint density at radius 2 is 1.41 bits per heavy atom. The number of benzene rings is 3. The van der Waals surface area contributed by atoms with E-state index < -0.39 is 0 Å². The second-order valence-corrected chi connectivity index (χ2v) is 6.17. The van der Waals surface area contributed by atoms with Gasteiger partial charge >= 0.3 is 0 Å². The van der Waals surface area contributed by atoms with Crippen LogP contribution in [0.15, 0.2) is 95.0 Å². The van der Waals surface area contributed by atoms with Gasteiger partial charge in [-0.25, -0.2) is 0 Å². The molecule has 27 heavy (non-hydrogen) atoms. The largest absolute Gasteiger partial charge is 0.287 e. The van der Waals surface area contributed by atoms with Crippen LogP contribution in [0.4, 0.5) is 11.4 Å². The molecule has 0 spiro atoms. The molecule has 0 radical (unpaired) electrons. The van der Waals surface area contributed by atoms with E-state index in [1.54, 1.807) is 19.1 Å². The van der Waals surface area contributed by atoms with E-state index in [0.29, 0.717) is 11.3 Å². The number of anilines is 1. The average molecular weight is 355 g/mol. The first-order chi connectivity index (χ1) is 13.1. The van der Waals surface area contributed by atoms with Crippen LogP contribution < -0.4 is 5.43 Å². The third-order valence-electron chi connectivity index (χ3n) is 4.00. The van der Waals surface area contributed by atoms with Crippen LogP contribution in [0, 0.1) is 6.92 Å². The van der Waals surface area contributed by atoms with Crippen LogP contribution in [-0.4, -0.2) is 17.2 Å². The number of hydrazone groups is 1. The number of ketones is 1. The maximum atomic E-state index is 13.0. The topological polar surface area (TPSA) is 53.8 Å². The summed E-state index contributed by atoms with van der Waals surface area (Å²) in [6, 6.07) is 26.5. The second-order valence-electron chi connectivity index (χ2n) is 6.17. The fourth-order valence-corrected chi connectivity index (χ4v) is 2.52. The number of aryl methyl sites for hydroxylation is 1. The van der Waals surface area contributed by atoms with Crippen molar-refractivity contribution in [2.24, 2.45) is 10.1 Å². The first-order valence-corrected chi connectivity index (χ1v) is 8.74. The molecular formula is C23H21N3O. The number of nitrogens with one attached hydrogen (secondary N) is 1. The molecule has 0 unspecified atom stereocenters. The molecule has 4 nitrogen and oxygen atoms in total. The van der Waals surface area contributed by atoms with Gasteiger partial charge in [-0.3, -0.25) is 15.2 Å². The molecule has 0 heterocycles. The molecule has 0 bridgehead atoms. The lowest BCUT2D eigenvalue weighted by molar-refractivity contribution is 0.106. The minimum atomic E-state index is -0.174. The van der Waals surface area contributed by atoms with Crippen molar-refractivity contribution in [1.29, 1.82) is 0 Å². The summed E-state index contributed by atoms with van der Waals surface area (Å²) in [5, 5.41) is 4.38. The van der Waals surface area contributed by atoms with Gasteiger partial charge in [-0.1, -0.05) is 66.2 Å². The van der Waals surface area contributed by atoms with Crippen molar-refractivity contribution in [2.45, 2.75) is 13.8 Å². The Kier molecular flexibility index (Phi) is 5.90. The maximum absolute atomic E-state index is 13.0. The van der Waals surface area contributed by atoms with Crippen molar-refractivity contribution >= 4 is 28.6 Å². The molecule has 0 aliphatic carbocycles. The van der Waals surface area contributed by atoms with Crippen LogP contribution >= 0.6 is 0 Å². The summed E-state index contributed by atoms with van der Waals surface area (Å²) in [5.41, 5.74) is 7.13. The lowest BCUT2D eigenvalue weighted by atomic mass is 10.0. The Hall–Kier alpha value is -3.53. The quantitative estimate of drug-likeness (QED) is 0.364. The van der Waals surface area contributed by atoms with Gasteiger partial charge in [0.1, 0.15) is 0 Å². The molecule has 0 saturated carbocycles. The molecule has 3 rings (SSSR count). The number of nitrogens with zero attached hydrogens (tertiary/aromatic N) is 2. The molecule has 0 aromatic heterocycles. The number of carbonyl (C=O) groups is 1. The van der Waals surface area contributed by atoms with Crippen molar-refractivity contribution < 1.29 is 4.79 Å². The molecule has 1 N–H and O–H groups in total. The van der Waals surface area contributed by atoms with E-state index in [9.17, 15) is 4.79 Å². The van der Waals surface area contributed by atoms with E-state index in [0.717, 1.165) is 16.9 Å². The number of carbonyl (C=O) groups excluding carboxylic acids is 1. The fourth-order valence-electron chi connectivity index (χ4n) is 2.52. The Bertz CT molecular complexity index is 960. The maximum Gasteiger partial charge on any atom is 0.215 e. The van der Waals surface area contributed by atoms with Crippen LogP contribution in [-0.2, 0) is 0 Å². The first-order valence-electron chi connectivity index (χ1n) is 8.74. The van der Waals surface area contributed by atoms with E-state index >= 15 is 0 Å². The van der Waals surface area contributed by atoms with E-state index in [4.69, 9.17) is 0 Å². The number of Topliss-reactive ketones (excluding diaryl/α,β-unsaturated/α-hetero) is 1. The highest BCUT2D eigenvalue weighted by Gasteiger charge is 2.17.